The number of anilines is 1. The molecule has 2 heterocycles. The Morgan fingerprint density at radius 1 is 1.05 bits per heavy atom. The second-order valence-corrected chi connectivity index (χ2v) is 10.4. The number of rotatable bonds is 8. The molecule has 4 aromatic rings. The number of thiophene rings is 1. The van der Waals surface area contributed by atoms with Crippen molar-refractivity contribution in [3.05, 3.63) is 82.0 Å². The molecule has 1 aliphatic rings. The van der Waals surface area contributed by atoms with Crippen molar-refractivity contribution in [2.45, 2.75) is 37.4 Å². The highest BCUT2D eigenvalue weighted by Gasteiger charge is 2.22. The van der Waals surface area contributed by atoms with Crippen LogP contribution in [0.3, 0.4) is 0 Å². The van der Waals surface area contributed by atoms with Crippen LogP contribution in [-0.4, -0.2) is 26.4 Å². The van der Waals surface area contributed by atoms with Crippen molar-refractivity contribution in [3.8, 4) is 23.6 Å². The smallest absolute Gasteiger partial charge is 0.235 e. The summed E-state index contributed by atoms with van der Waals surface area (Å²) in [7, 11) is 0. The topological polar surface area (TPSA) is 117 Å². The molecule has 0 fully saturated rings. The number of carbonyl (C=O) groups excluding carboxylic acids is 1. The van der Waals surface area contributed by atoms with Gasteiger partial charge in [0.1, 0.15) is 23.4 Å². The van der Waals surface area contributed by atoms with Crippen molar-refractivity contribution in [2.75, 3.05) is 11.1 Å². The van der Waals surface area contributed by atoms with E-state index in [1.54, 1.807) is 24.3 Å². The third-order valence-electron chi connectivity index (χ3n) is 5.93. The van der Waals surface area contributed by atoms with Gasteiger partial charge in [0.05, 0.1) is 22.9 Å². The summed E-state index contributed by atoms with van der Waals surface area (Å²) in [5.74, 6) is 1.12. The summed E-state index contributed by atoms with van der Waals surface area (Å²) in [6, 6.07) is 20.9. The molecule has 0 aliphatic heterocycles. The summed E-state index contributed by atoms with van der Waals surface area (Å²) in [6.07, 6.45) is 4.06. The Balaban J connectivity index is 1.30. The van der Waals surface area contributed by atoms with Crippen molar-refractivity contribution in [3.63, 3.8) is 0 Å². The number of nitrogens with one attached hydrogen (secondary N) is 1. The lowest BCUT2D eigenvalue weighted by atomic mass is 9.96. The first-order chi connectivity index (χ1) is 18.2. The Kier molecular flexibility index (Phi) is 7.50. The second kappa shape index (κ2) is 11.3. The van der Waals surface area contributed by atoms with Crippen LogP contribution in [0.25, 0.3) is 5.69 Å². The van der Waals surface area contributed by atoms with Crippen LogP contribution < -0.4 is 10.1 Å². The van der Waals surface area contributed by atoms with E-state index in [2.05, 4.69) is 27.7 Å². The number of para-hydroxylation sites is 1. The van der Waals surface area contributed by atoms with Gasteiger partial charge in [0.25, 0.3) is 0 Å². The van der Waals surface area contributed by atoms with Gasteiger partial charge in [-0.15, -0.1) is 21.5 Å². The molecule has 2 aromatic carbocycles. The molecule has 5 rings (SSSR count). The molecule has 0 saturated heterocycles. The van der Waals surface area contributed by atoms with Crippen LogP contribution >= 0.6 is 23.1 Å². The molecule has 0 atom stereocenters. The molecule has 0 spiro atoms. The number of benzene rings is 2. The largest absolute Gasteiger partial charge is 0.486 e. The quantitative estimate of drug-likeness (QED) is 0.311. The summed E-state index contributed by atoms with van der Waals surface area (Å²) in [5, 5.41) is 31.4. The Labute approximate surface area is 222 Å². The van der Waals surface area contributed by atoms with Crippen LogP contribution in [-0.2, 0) is 24.2 Å². The van der Waals surface area contributed by atoms with Gasteiger partial charge in [-0.3, -0.25) is 9.36 Å². The molecular formula is C27H22N6O2S2. The maximum atomic E-state index is 12.8. The van der Waals surface area contributed by atoms with Crippen LogP contribution in [0.15, 0.2) is 59.8 Å². The first-order valence-electron chi connectivity index (χ1n) is 11.8. The molecule has 10 heteroatoms. The number of fused-ring (bicyclic) bond motifs is 1. The van der Waals surface area contributed by atoms with E-state index in [0.29, 0.717) is 32.9 Å². The van der Waals surface area contributed by atoms with Gasteiger partial charge in [0, 0.05) is 10.6 Å². The van der Waals surface area contributed by atoms with Gasteiger partial charge < -0.3 is 10.1 Å². The third-order valence-corrected chi connectivity index (χ3v) is 8.07. The van der Waals surface area contributed by atoms with E-state index in [0.717, 1.165) is 36.9 Å². The number of ether oxygens (including phenoxy) is 1. The number of nitriles is 2. The summed E-state index contributed by atoms with van der Waals surface area (Å²) >= 11 is 2.79. The minimum absolute atomic E-state index is 0.120. The minimum Gasteiger partial charge on any atom is -0.486 e. The van der Waals surface area contributed by atoms with Crippen molar-refractivity contribution < 1.29 is 9.53 Å². The summed E-state index contributed by atoms with van der Waals surface area (Å²) in [5.41, 5.74) is 3.11. The molecule has 37 heavy (non-hydrogen) atoms. The van der Waals surface area contributed by atoms with Crippen molar-refractivity contribution in [1.82, 2.24) is 14.8 Å². The highest BCUT2D eigenvalue weighted by molar-refractivity contribution is 7.99. The Morgan fingerprint density at radius 3 is 2.59 bits per heavy atom. The normalized spacial score (nSPS) is 12.3. The average molecular weight is 527 g/mol. The van der Waals surface area contributed by atoms with Gasteiger partial charge in [-0.05, 0) is 67.6 Å². The van der Waals surface area contributed by atoms with Crippen molar-refractivity contribution in [2.24, 2.45) is 0 Å². The van der Waals surface area contributed by atoms with Gasteiger partial charge in [-0.2, -0.15) is 10.5 Å². The zero-order chi connectivity index (χ0) is 25.6. The molecule has 2 aromatic heterocycles. The number of amides is 1. The van der Waals surface area contributed by atoms with E-state index in [-0.39, 0.29) is 18.3 Å². The number of hydrogen-bond donors (Lipinski definition) is 1. The number of aromatic nitrogens is 3. The predicted octanol–water partition coefficient (Wildman–Crippen LogP) is 5.26. The third kappa shape index (κ3) is 5.51. The molecule has 0 saturated carbocycles. The molecule has 1 aliphatic carbocycles. The summed E-state index contributed by atoms with van der Waals surface area (Å²) in [4.78, 5) is 14.1. The van der Waals surface area contributed by atoms with Crippen molar-refractivity contribution in [1.29, 1.82) is 10.5 Å². The van der Waals surface area contributed by atoms with Gasteiger partial charge in [-0.1, -0.05) is 30.0 Å². The van der Waals surface area contributed by atoms with Gasteiger partial charge in [-0.25, -0.2) is 0 Å². The Hall–Kier alpha value is -4.12. The Morgan fingerprint density at radius 2 is 1.84 bits per heavy atom. The highest BCUT2D eigenvalue weighted by atomic mass is 32.2. The molecule has 1 N–H and O–H groups in total. The zero-order valence-corrected chi connectivity index (χ0v) is 21.4. The first-order valence-corrected chi connectivity index (χ1v) is 13.6. The standard InChI is InChI=1S/C27H22N6O2S2/c28-14-18-10-12-20(13-11-18)35-16-24-31-32-27(33(24)19-6-2-1-3-7-19)36-17-25(34)30-26-22(15-29)21-8-4-5-9-23(21)37-26/h1-3,6-7,10-13H,4-5,8-9,16-17H2,(H,30,34). The first kappa shape index (κ1) is 24.6. The SMILES string of the molecule is N#Cc1ccc(OCc2nnc(SCC(=O)Nc3sc4c(c3C#N)CCCC4)n2-c2ccccc2)cc1. The van der Waals surface area contributed by atoms with E-state index in [1.807, 2.05) is 34.9 Å². The lowest BCUT2D eigenvalue weighted by Crippen LogP contribution is -2.15. The molecule has 1 amide bonds. The fraction of sp³-hybridized carbons (Fsp3) is 0.222. The summed E-state index contributed by atoms with van der Waals surface area (Å²) in [6.45, 7) is 0.160. The second-order valence-electron chi connectivity index (χ2n) is 8.36. The zero-order valence-electron chi connectivity index (χ0n) is 19.8. The van der Waals surface area contributed by atoms with E-state index in [9.17, 15) is 10.1 Å². The highest BCUT2D eigenvalue weighted by Crippen LogP contribution is 2.37. The average Bonchev–Trinajstić information content (AvgIpc) is 3.51. The van der Waals surface area contributed by atoms with Crippen LogP contribution in [0.2, 0.25) is 0 Å². The fourth-order valence-electron chi connectivity index (χ4n) is 4.16. The number of aryl methyl sites for hydroxylation is 1. The molecule has 0 radical (unpaired) electrons. The molecule has 184 valence electrons. The van der Waals surface area contributed by atoms with Gasteiger partial charge in [0.2, 0.25) is 5.91 Å². The lowest BCUT2D eigenvalue weighted by Gasteiger charge is -2.11. The maximum Gasteiger partial charge on any atom is 0.235 e. The van der Waals surface area contributed by atoms with Gasteiger partial charge >= 0.3 is 0 Å². The maximum absolute atomic E-state index is 12.8. The van der Waals surface area contributed by atoms with E-state index in [1.165, 1.54) is 28.0 Å². The number of thioether (sulfide) groups is 1. The number of nitrogens with zero attached hydrogens (tertiary/aromatic N) is 5. The number of carbonyl (C=O) groups is 1. The molecule has 0 unspecified atom stereocenters. The van der Waals surface area contributed by atoms with E-state index < -0.39 is 0 Å². The fourth-order valence-corrected chi connectivity index (χ4v) is 6.19. The van der Waals surface area contributed by atoms with Crippen LogP contribution in [0.1, 0.15) is 40.2 Å². The number of hydrogen-bond acceptors (Lipinski definition) is 8. The van der Waals surface area contributed by atoms with Crippen molar-refractivity contribution >= 4 is 34.0 Å². The van der Waals surface area contributed by atoms with Crippen LogP contribution in [0, 0.1) is 22.7 Å². The monoisotopic (exact) mass is 526 g/mol. The molecular weight excluding hydrogens is 504 g/mol. The van der Waals surface area contributed by atoms with Crippen LogP contribution in [0.5, 0.6) is 5.75 Å². The lowest BCUT2D eigenvalue weighted by molar-refractivity contribution is -0.113. The molecule has 8 nitrogen and oxygen atoms in total. The van der Waals surface area contributed by atoms with Gasteiger partial charge in [0.15, 0.2) is 11.0 Å². The van der Waals surface area contributed by atoms with E-state index in [4.69, 9.17) is 10.00 Å². The Bertz CT molecular complexity index is 1500. The molecule has 0 bridgehead atoms. The summed E-state index contributed by atoms with van der Waals surface area (Å²) < 4.78 is 7.75. The van der Waals surface area contributed by atoms with E-state index >= 15 is 0 Å². The minimum atomic E-state index is -0.196. The van der Waals surface area contributed by atoms with Crippen LogP contribution in [0.4, 0.5) is 5.00 Å². The predicted molar refractivity (Wildman–Crippen MR) is 142 cm³/mol.